The van der Waals surface area contributed by atoms with E-state index in [1.165, 1.54) is 0 Å². The van der Waals surface area contributed by atoms with Gasteiger partial charge in [0.1, 0.15) is 5.75 Å². The lowest BCUT2D eigenvalue weighted by Crippen LogP contribution is -2.33. The summed E-state index contributed by atoms with van der Waals surface area (Å²) < 4.78 is 5.20. The van der Waals surface area contributed by atoms with Crippen molar-refractivity contribution in [3.05, 3.63) is 29.3 Å². The van der Waals surface area contributed by atoms with Gasteiger partial charge in [0.05, 0.1) is 25.3 Å². The van der Waals surface area contributed by atoms with Crippen molar-refractivity contribution in [2.75, 3.05) is 20.2 Å². The van der Waals surface area contributed by atoms with Crippen molar-refractivity contribution in [3.63, 3.8) is 0 Å². The maximum Gasteiger partial charge on any atom is 0.233 e. The minimum atomic E-state index is -0.0482. The SMILES string of the molecule is CCNC(=O)CNCc1cc(C#N)ccc1OC. The Morgan fingerprint density at radius 2 is 2.28 bits per heavy atom. The average Bonchev–Trinajstić information content (AvgIpc) is 2.39. The molecule has 2 N–H and O–H groups in total. The molecule has 0 radical (unpaired) electrons. The van der Waals surface area contributed by atoms with Crippen molar-refractivity contribution >= 4 is 5.91 Å². The maximum atomic E-state index is 11.3. The molecular weight excluding hydrogens is 230 g/mol. The largest absolute Gasteiger partial charge is 0.496 e. The number of carbonyl (C=O) groups excluding carboxylic acids is 1. The molecule has 0 fully saturated rings. The molecule has 0 aliphatic rings. The van der Waals surface area contributed by atoms with Gasteiger partial charge in [0, 0.05) is 18.7 Å². The van der Waals surface area contributed by atoms with Gasteiger partial charge in [-0.15, -0.1) is 0 Å². The summed E-state index contributed by atoms with van der Waals surface area (Å²) in [5, 5.41) is 14.5. The first-order valence-corrected chi connectivity index (χ1v) is 5.75. The molecule has 1 aromatic rings. The first-order chi connectivity index (χ1) is 8.71. The number of nitrogens with one attached hydrogen (secondary N) is 2. The Bertz CT molecular complexity index is 452. The van der Waals surface area contributed by atoms with Crippen LogP contribution in [0.4, 0.5) is 0 Å². The van der Waals surface area contributed by atoms with Crippen molar-refractivity contribution in [3.8, 4) is 11.8 Å². The number of hydrogen-bond acceptors (Lipinski definition) is 4. The van der Waals surface area contributed by atoms with Gasteiger partial charge in [-0.1, -0.05) is 0 Å². The number of nitriles is 1. The van der Waals surface area contributed by atoms with E-state index in [0.29, 0.717) is 24.4 Å². The van der Waals surface area contributed by atoms with Crippen LogP contribution in [0.1, 0.15) is 18.1 Å². The molecule has 1 rings (SSSR count). The number of methoxy groups -OCH3 is 1. The van der Waals surface area contributed by atoms with Crippen molar-refractivity contribution in [2.24, 2.45) is 0 Å². The summed E-state index contributed by atoms with van der Waals surface area (Å²) >= 11 is 0. The molecule has 0 aromatic heterocycles. The number of nitrogens with zero attached hydrogens (tertiary/aromatic N) is 1. The molecule has 0 aliphatic heterocycles. The Balaban J connectivity index is 2.60. The first kappa shape index (κ1) is 14.0. The molecule has 0 unspecified atom stereocenters. The molecule has 1 amide bonds. The highest BCUT2D eigenvalue weighted by molar-refractivity contribution is 5.77. The zero-order chi connectivity index (χ0) is 13.4. The highest BCUT2D eigenvalue weighted by Gasteiger charge is 2.05. The second kappa shape index (κ2) is 7.30. The third-order valence-corrected chi connectivity index (χ3v) is 2.38. The standard InChI is InChI=1S/C13H17N3O2/c1-3-16-13(17)9-15-8-11-6-10(7-14)4-5-12(11)18-2/h4-6,15H,3,8-9H2,1-2H3,(H,16,17). The number of hydrogen-bond donors (Lipinski definition) is 2. The number of rotatable bonds is 6. The summed E-state index contributed by atoms with van der Waals surface area (Å²) in [6.45, 7) is 3.22. The van der Waals surface area contributed by atoms with Gasteiger partial charge in [-0.3, -0.25) is 4.79 Å². The fraction of sp³-hybridized carbons (Fsp3) is 0.385. The lowest BCUT2D eigenvalue weighted by Gasteiger charge is -2.10. The summed E-state index contributed by atoms with van der Waals surface area (Å²) in [6.07, 6.45) is 0. The number of amides is 1. The lowest BCUT2D eigenvalue weighted by molar-refractivity contribution is -0.120. The minimum absolute atomic E-state index is 0.0482. The van der Waals surface area contributed by atoms with Crippen molar-refractivity contribution in [1.82, 2.24) is 10.6 Å². The molecule has 0 aliphatic carbocycles. The van der Waals surface area contributed by atoms with Crippen LogP contribution in [0, 0.1) is 11.3 Å². The number of likely N-dealkylation sites (N-methyl/N-ethyl adjacent to an activating group) is 1. The molecular formula is C13H17N3O2. The predicted molar refractivity (Wildman–Crippen MR) is 68.1 cm³/mol. The molecule has 18 heavy (non-hydrogen) atoms. The van der Waals surface area contributed by atoms with Crippen LogP contribution >= 0.6 is 0 Å². The second-order valence-corrected chi connectivity index (χ2v) is 3.70. The molecule has 0 saturated carbocycles. The average molecular weight is 247 g/mol. The minimum Gasteiger partial charge on any atom is -0.496 e. The zero-order valence-corrected chi connectivity index (χ0v) is 10.6. The number of benzene rings is 1. The topological polar surface area (TPSA) is 74.2 Å². The third-order valence-electron chi connectivity index (χ3n) is 2.38. The summed E-state index contributed by atoms with van der Waals surface area (Å²) in [5.74, 6) is 0.658. The second-order valence-electron chi connectivity index (χ2n) is 3.70. The van der Waals surface area contributed by atoms with Gasteiger partial charge in [0.25, 0.3) is 0 Å². The van der Waals surface area contributed by atoms with Gasteiger partial charge >= 0.3 is 0 Å². The number of ether oxygens (including phenoxy) is 1. The van der Waals surface area contributed by atoms with Crippen LogP contribution in [0.3, 0.4) is 0 Å². The van der Waals surface area contributed by atoms with Gasteiger partial charge in [0.15, 0.2) is 0 Å². The molecule has 0 bridgehead atoms. The lowest BCUT2D eigenvalue weighted by atomic mass is 10.1. The monoisotopic (exact) mass is 247 g/mol. The van der Waals surface area contributed by atoms with E-state index in [4.69, 9.17) is 10.00 Å². The molecule has 96 valence electrons. The Hall–Kier alpha value is -2.06. The number of carbonyl (C=O) groups is 1. The van der Waals surface area contributed by atoms with Crippen LogP contribution < -0.4 is 15.4 Å². The molecule has 0 heterocycles. The molecule has 0 spiro atoms. The first-order valence-electron chi connectivity index (χ1n) is 5.75. The normalized spacial score (nSPS) is 9.61. The van der Waals surface area contributed by atoms with Gasteiger partial charge in [-0.05, 0) is 25.1 Å². The highest BCUT2D eigenvalue weighted by Crippen LogP contribution is 2.19. The van der Waals surface area contributed by atoms with Crippen LogP contribution in [-0.2, 0) is 11.3 Å². The third kappa shape index (κ3) is 4.07. The van der Waals surface area contributed by atoms with Gasteiger partial charge < -0.3 is 15.4 Å². The highest BCUT2D eigenvalue weighted by atomic mass is 16.5. The zero-order valence-electron chi connectivity index (χ0n) is 10.6. The van der Waals surface area contributed by atoms with Crippen molar-refractivity contribution in [1.29, 1.82) is 5.26 Å². The quantitative estimate of drug-likeness (QED) is 0.779. The van der Waals surface area contributed by atoms with Crippen LogP contribution in [0.15, 0.2) is 18.2 Å². The van der Waals surface area contributed by atoms with E-state index in [-0.39, 0.29) is 12.5 Å². The molecule has 0 saturated heterocycles. The molecule has 1 aromatic carbocycles. The van der Waals surface area contributed by atoms with Gasteiger partial charge in [0.2, 0.25) is 5.91 Å². The van der Waals surface area contributed by atoms with Crippen LogP contribution in [0.25, 0.3) is 0 Å². The fourth-order valence-corrected chi connectivity index (χ4v) is 1.56. The summed E-state index contributed by atoms with van der Waals surface area (Å²) in [7, 11) is 1.58. The van der Waals surface area contributed by atoms with Gasteiger partial charge in [-0.25, -0.2) is 0 Å². The van der Waals surface area contributed by atoms with E-state index in [1.807, 2.05) is 6.92 Å². The van der Waals surface area contributed by atoms with E-state index in [0.717, 1.165) is 5.56 Å². The molecule has 5 nitrogen and oxygen atoms in total. The Labute approximate surface area is 107 Å². The van der Waals surface area contributed by atoms with Crippen molar-refractivity contribution < 1.29 is 9.53 Å². The summed E-state index contributed by atoms with van der Waals surface area (Å²) in [5.41, 5.74) is 1.44. The fourth-order valence-electron chi connectivity index (χ4n) is 1.56. The van der Waals surface area contributed by atoms with E-state index in [2.05, 4.69) is 16.7 Å². The van der Waals surface area contributed by atoms with Crippen LogP contribution in [0.2, 0.25) is 0 Å². The van der Waals surface area contributed by atoms with E-state index in [1.54, 1.807) is 25.3 Å². The van der Waals surface area contributed by atoms with E-state index in [9.17, 15) is 4.79 Å². The summed E-state index contributed by atoms with van der Waals surface area (Å²) in [6, 6.07) is 7.28. The van der Waals surface area contributed by atoms with Crippen LogP contribution in [-0.4, -0.2) is 26.1 Å². The maximum absolute atomic E-state index is 11.3. The smallest absolute Gasteiger partial charge is 0.233 e. The van der Waals surface area contributed by atoms with Crippen LogP contribution in [0.5, 0.6) is 5.75 Å². The predicted octanol–water partition coefficient (Wildman–Crippen LogP) is 0.793. The Kier molecular flexibility index (Phi) is 5.68. The summed E-state index contributed by atoms with van der Waals surface area (Å²) in [4.78, 5) is 11.3. The molecule has 0 atom stereocenters. The Morgan fingerprint density at radius 3 is 2.89 bits per heavy atom. The van der Waals surface area contributed by atoms with Gasteiger partial charge in [-0.2, -0.15) is 5.26 Å². The van der Waals surface area contributed by atoms with E-state index < -0.39 is 0 Å². The Morgan fingerprint density at radius 1 is 1.50 bits per heavy atom. The van der Waals surface area contributed by atoms with Crippen molar-refractivity contribution in [2.45, 2.75) is 13.5 Å². The molecule has 5 heteroatoms. The van der Waals surface area contributed by atoms with E-state index >= 15 is 0 Å².